The number of allylic oxidation sites excluding steroid dienone is 2. The molecule has 9 heteroatoms. The Morgan fingerprint density at radius 3 is 1.10 bits per heavy atom. The molecule has 1 N–H and O–H groups in total. The molecule has 0 rings (SSSR count). The molecule has 0 spiro atoms. The summed E-state index contributed by atoms with van der Waals surface area (Å²) < 4.78 is 32.8. The van der Waals surface area contributed by atoms with E-state index in [1.807, 2.05) is 0 Å². The molecule has 8 nitrogen and oxygen atoms in total. The van der Waals surface area contributed by atoms with Gasteiger partial charge in [0.05, 0.1) is 13.2 Å². The molecule has 60 heavy (non-hydrogen) atoms. The second kappa shape index (κ2) is 47.3. The van der Waals surface area contributed by atoms with Gasteiger partial charge in [0.15, 0.2) is 6.10 Å². The number of phosphoric acid groups is 1. The molecule has 0 aromatic heterocycles. The van der Waals surface area contributed by atoms with Gasteiger partial charge in [0, 0.05) is 12.8 Å². The number of hydrogen-bond donors (Lipinski definition) is 1. The minimum absolute atomic E-state index is 0.00369. The third-order valence-electron chi connectivity index (χ3n) is 11.6. The monoisotopic (exact) mass is 871 g/mol. The van der Waals surface area contributed by atoms with Crippen LogP contribution in [-0.4, -0.2) is 42.8 Å². The third kappa shape index (κ3) is 46.3. The first kappa shape index (κ1) is 58.8. The predicted octanol–water partition coefficient (Wildman–Crippen LogP) is 16.8. The van der Waals surface area contributed by atoms with Gasteiger partial charge in [-0.15, -0.1) is 0 Å². The minimum atomic E-state index is -4.28. The number of ether oxygens (including phenoxy) is 2. The number of phosphoric ester groups is 1. The maximum absolute atomic E-state index is 12.6. The van der Waals surface area contributed by atoms with Gasteiger partial charge in [0.2, 0.25) is 0 Å². The lowest BCUT2D eigenvalue weighted by molar-refractivity contribution is -0.161. The van der Waals surface area contributed by atoms with Crippen molar-refractivity contribution < 1.29 is 37.6 Å². The van der Waals surface area contributed by atoms with E-state index in [9.17, 15) is 19.0 Å². The van der Waals surface area contributed by atoms with Crippen LogP contribution < -0.4 is 0 Å². The molecule has 0 fully saturated rings. The number of carbonyl (C=O) groups is 2. The summed E-state index contributed by atoms with van der Waals surface area (Å²) in [7, 11) is -4.28. The minimum Gasteiger partial charge on any atom is -0.462 e. The zero-order valence-corrected chi connectivity index (χ0v) is 40.8. The molecule has 0 heterocycles. The van der Waals surface area contributed by atoms with Crippen LogP contribution in [0.4, 0.5) is 0 Å². The fourth-order valence-electron chi connectivity index (χ4n) is 7.75. The van der Waals surface area contributed by atoms with Crippen molar-refractivity contribution in [2.24, 2.45) is 0 Å². The van der Waals surface area contributed by atoms with Crippen molar-refractivity contribution >= 4 is 19.8 Å². The van der Waals surface area contributed by atoms with Crippen LogP contribution in [0, 0.1) is 0 Å². The summed E-state index contributed by atoms with van der Waals surface area (Å²) in [6.45, 7) is 5.54. The van der Waals surface area contributed by atoms with E-state index in [0.29, 0.717) is 12.8 Å². The Morgan fingerprint density at radius 1 is 0.433 bits per heavy atom. The fourth-order valence-corrected chi connectivity index (χ4v) is 8.50. The summed E-state index contributed by atoms with van der Waals surface area (Å²) in [5.74, 6) is -0.782. The lowest BCUT2D eigenvalue weighted by Gasteiger charge is -2.19. The molecule has 0 aromatic carbocycles. The lowest BCUT2D eigenvalue weighted by Crippen LogP contribution is -2.29. The lowest BCUT2D eigenvalue weighted by atomic mass is 10.0. The second-order valence-electron chi connectivity index (χ2n) is 17.5. The second-order valence-corrected chi connectivity index (χ2v) is 19.0. The molecule has 0 amide bonds. The molecule has 0 saturated heterocycles. The molecule has 2 unspecified atom stereocenters. The number of esters is 2. The first-order valence-corrected chi connectivity index (χ1v) is 27.5. The molecular formula is C51H99O8P. The average Bonchev–Trinajstić information content (AvgIpc) is 3.23. The van der Waals surface area contributed by atoms with E-state index in [4.69, 9.17) is 18.5 Å². The summed E-state index contributed by atoms with van der Waals surface area (Å²) >= 11 is 0. The smallest absolute Gasteiger partial charge is 0.462 e. The molecule has 2 atom stereocenters. The van der Waals surface area contributed by atoms with E-state index >= 15 is 0 Å². The van der Waals surface area contributed by atoms with Gasteiger partial charge in [-0.2, -0.15) is 0 Å². The van der Waals surface area contributed by atoms with E-state index < -0.39 is 19.9 Å². The van der Waals surface area contributed by atoms with Crippen molar-refractivity contribution in [1.29, 1.82) is 0 Å². The van der Waals surface area contributed by atoms with Gasteiger partial charge >= 0.3 is 19.8 Å². The maximum atomic E-state index is 12.6. The van der Waals surface area contributed by atoms with Crippen molar-refractivity contribution in [2.75, 3.05) is 19.8 Å². The molecule has 0 saturated carbocycles. The average molecular weight is 871 g/mol. The highest BCUT2D eigenvalue weighted by Gasteiger charge is 2.25. The van der Waals surface area contributed by atoms with Gasteiger partial charge in [-0.05, 0) is 45.4 Å². The Labute approximate surface area is 371 Å². The van der Waals surface area contributed by atoms with Crippen LogP contribution in [0.2, 0.25) is 0 Å². The topological polar surface area (TPSA) is 108 Å². The zero-order valence-electron chi connectivity index (χ0n) is 39.9. The van der Waals surface area contributed by atoms with Crippen LogP contribution >= 0.6 is 7.82 Å². The number of carbonyl (C=O) groups excluding carboxylic acids is 2. The first-order chi connectivity index (χ1) is 29.3. The van der Waals surface area contributed by atoms with Crippen LogP contribution in [0.1, 0.15) is 278 Å². The van der Waals surface area contributed by atoms with Crippen LogP contribution in [0.25, 0.3) is 0 Å². The fraction of sp³-hybridized carbons (Fsp3) is 0.922. The Kier molecular flexibility index (Phi) is 46.3. The van der Waals surface area contributed by atoms with Crippen molar-refractivity contribution in [1.82, 2.24) is 0 Å². The van der Waals surface area contributed by atoms with E-state index in [1.165, 1.54) is 205 Å². The standard InChI is InChI=1S/C51H99O8P/c1-4-7-9-11-13-15-17-19-21-23-25-26-28-29-31-33-35-37-39-41-43-45-50(52)56-47-49(48-58-60(54,55)57-6-3)59-51(53)46-44-42-40-38-36-34-32-30-27-24-22-20-18-16-14-12-10-8-5-2/h20,22,49H,4-19,21,23-48H2,1-3H3,(H,54,55)/b22-20-. The zero-order chi connectivity index (χ0) is 43.9. The van der Waals surface area contributed by atoms with E-state index in [1.54, 1.807) is 6.92 Å². The van der Waals surface area contributed by atoms with Crippen molar-refractivity contribution in [3.8, 4) is 0 Å². The molecule has 0 bridgehead atoms. The van der Waals surface area contributed by atoms with Gasteiger partial charge in [-0.3, -0.25) is 18.6 Å². The molecular weight excluding hydrogens is 772 g/mol. The normalized spacial score (nSPS) is 13.2. The van der Waals surface area contributed by atoms with E-state index in [0.717, 1.165) is 32.1 Å². The molecule has 0 radical (unpaired) electrons. The van der Waals surface area contributed by atoms with Gasteiger partial charge < -0.3 is 14.4 Å². The summed E-state index contributed by atoms with van der Waals surface area (Å²) in [6, 6.07) is 0. The van der Waals surface area contributed by atoms with Crippen molar-refractivity contribution in [2.45, 2.75) is 284 Å². The summed E-state index contributed by atoms with van der Waals surface area (Å²) in [5, 5.41) is 0. The van der Waals surface area contributed by atoms with Crippen LogP contribution in [-0.2, 0) is 32.7 Å². The Balaban J connectivity index is 3.93. The SMILES string of the molecule is CCCCCCCC/C=C\CCCCCCCCCCCC(=O)OC(COC(=O)CCCCCCCCCCCCCCCCCCCCCCC)COP(=O)(O)OCC. The Hall–Kier alpha value is -1.21. The Bertz CT molecular complexity index is 988. The first-order valence-electron chi connectivity index (χ1n) is 26.0. The van der Waals surface area contributed by atoms with Crippen LogP contribution in [0.3, 0.4) is 0 Å². The van der Waals surface area contributed by atoms with Gasteiger partial charge in [0.25, 0.3) is 0 Å². The van der Waals surface area contributed by atoms with Crippen LogP contribution in [0.15, 0.2) is 12.2 Å². The Morgan fingerprint density at radius 2 is 0.750 bits per heavy atom. The molecule has 356 valence electrons. The van der Waals surface area contributed by atoms with Crippen LogP contribution in [0.5, 0.6) is 0 Å². The maximum Gasteiger partial charge on any atom is 0.472 e. The van der Waals surface area contributed by atoms with Gasteiger partial charge in [0.1, 0.15) is 6.61 Å². The van der Waals surface area contributed by atoms with E-state index in [2.05, 4.69) is 26.0 Å². The van der Waals surface area contributed by atoms with Crippen molar-refractivity contribution in [3.05, 3.63) is 12.2 Å². The highest BCUT2D eigenvalue weighted by atomic mass is 31.2. The molecule has 0 aliphatic rings. The molecule has 0 aromatic rings. The number of unbranched alkanes of at least 4 members (excludes halogenated alkanes) is 35. The highest BCUT2D eigenvalue weighted by Crippen LogP contribution is 2.43. The highest BCUT2D eigenvalue weighted by molar-refractivity contribution is 7.47. The third-order valence-corrected chi connectivity index (χ3v) is 12.6. The predicted molar refractivity (Wildman–Crippen MR) is 253 cm³/mol. The van der Waals surface area contributed by atoms with E-state index in [-0.39, 0.29) is 32.2 Å². The summed E-state index contributed by atoms with van der Waals surface area (Å²) in [5.41, 5.74) is 0. The van der Waals surface area contributed by atoms with Gasteiger partial charge in [-0.25, -0.2) is 4.57 Å². The molecule has 0 aliphatic carbocycles. The number of rotatable bonds is 49. The van der Waals surface area contributed by atoms with Gasteiger partial charge in [-0.1, -0.05) is 231 Å². The summed E-state index contributed by atoms with van der Waals surface area (Å²) in [4.78, 5) is 34.9. The summed E-state index contributed by atoms with van der Waals surface area (Å²) in [6.07, 6.45) is 52.8. The largest absolute Gasteiger partial charge is 0.472 e. The quantitative estimate of drug-likeness (QED) is 0.0279. The number of hydrogen-bond acceptors (Lipinski definition) is 7. The van der Waals surface area contributed by atoms with Crippen molar-refractivity contribution in [3.63, 3.8) is 0 Å². The molecule has 0 aliphatic heterocycles.